The Morgan fingerprint density at radius 1 is 1.36 bits per heavy atom. The molecule has 0 radical (unpaired) electrons. The highest BCUT2D eigenvalue weighted by atomic mass is 32.1. The standard InChI is InChI=1S/C7H13N3O3S/c8-10-7(14)9-4-5(11)2-1-3-6(12)13/h1-4,8H2,(H,12,13)(H2,9,10,14)/p+1. The molecule has 0 atom stereocenters. The smallest absolute Gasteiger partial charge is 0.303 e. The minimum atomic E-state index is -0.888. The Labute approximate surface area is 86.8 Å². The van der Waals surface area contributed by atoms with Gasteiger partial charge < -0.3 is 10.4 Å². The highest BCUT2D eigenvalue weighted by Gasteiger charge is 2.04. The van der Waals surface area contributed by atoms with E-state index in [9.17, 15) is 9.59 Å². The number of Topliss-reactive ketones (excluding diaryl/α,β-unsaturated/α-hetero) is 1. The maximum atomic E-state index is 11.1. The van der Waals surface area contributed by atoms with Gasteiger partial charge in [0.25, 0.3) is 0 Å². The molecule has 0 aliphatic rings. The molecule has 7 heteroatoms. The first kappa shape index (κ1) is 12.8. The van der Waals surface area contributed by atoms with Crippen molar-refractivity contribution >= 4 is 29.1 Å². The topological polar surface area (TPSA) is 106 Å². The van der Waals surface area contributed by atoms with E-state index >= 15 is 0 Å². The summed E-state index contributed by atoms with van der Waals surface area (Å²) in [5.41, 5.74) is 2.42. The van der Waals surface area contributed by atoms with Gasteiger partial charge in [0.15, 0.2) is 5.78 Å². The van der Waals surface area contributed by atoms with E-state index in [4.69, 9.17) is 17.3 Å². The Morgan fingerprint density at radius 3 is 2.50 bits per heavy atom. The first-order chi connectivity index (χ1) is 6.56. The van der Waals surface area contributed by atoms with Gasteiger partial charge in [-0.2, -0.15) is 0 Å². The number of quaternary nitrogens is 1. The highest BCUT2D eigenvalue weighted by molar-refractivity contribution is 7.80. The van der Waals surface area contributed by atoms with Gasteiger partial charge in [-0.25, -0.2) is 5.43 Å². The molecule has 0 heterocycles. The SMILES string of the molecule is [NH3+]NC(=S)NCC(=O)CCCC(=O)O. The molecule has 6 N–H and O–H groups in total. The summed E-state index contributed by atoms with van der Waals surface area (Å²) in [4.78, 5) is 21.2. The van der Waals surface area contributed by atoms with Crippen molar-refractivity contribution in [2.75, 3.05) is 6.54 Å². The summed E-state index contributed by atoms with van der Waals surface area (Å²) in [5, 5.41) is 11.3. The van der Waals surface area contributed by atoms with Gasteiger partial charge in [0.2, 0.25) is 5.11 Å². The third kappa shape index (κ3) is 7.44. The second kappa shape index (κ2) is 7.22. The van der Waals surface area contributed by atoms with Gasteiger partial charge >= 0.3 is 5.97 Å². The Hall–Kier alpha value is -1.21. The van der Waals surface area contributed by atoms with Crippen LogP contribution in [-0.4, -0.2) is 28.5 Å². The number of hydrogen-bond acceptors (Lipinski definition) is 3. The molecule has 0 unspecified atom stereocenters. The molecular formula is C7H14N3O3S+. The molecule has 0 aliphatic carbocycles. The van der Waals surface area contributed by atoms with Crippen LogP contribution in [-0.2, 0) is 9.59 Å². The van der Waals surface area contributed by atoms with Gasteiger partial charge in [-0.1, -0.05) is 0 Å². The second-order valence-corrected chi connectivity index (χ2v) is 3.05. The van der Waals surface area contributed by atoms with Crippen LogP contribution in [0.25, 0.3) is 0 Å². The number of rotatable bonds is 6. The third-order valence-electron chi connectivity index (χ3n) is 1.45. The quantitative estimate of drug-likeness (QED) is 0.318. The van der Waals surface area contributed by atoms with Crippen molar-refractivity contribution in [3.8, 4) is 0 Å². The van der Waals surface area contributed by atoms with Gasteiger partial charge in [-0.15, -0.1) is 0 Å². The van der Waals surface area contributed by atoms with Crippen molar-refractivity contribution in [1.82, 2.24) is 10.7 Å². The predicted molar refractivity (Wildman–Crippen MR) is 53.1 cm³/mol. The predicted octanol–water partition coefficient (Wildman–Crippen LogP) is -1.57. The average Bonchev–Trinajstić information content (AvgIpc) is 2.13. The molecule has 0 aliphatic heterocycles. The van der Waals surface area contributed by atoms with E-state index in [2.05, 4.69) is 16.6 Å². The molecule has 80 valence electrons. The van der Waals surface area contributed by atoms with Crippen molar-refractivity contribution in [1.29, 1.82) is 0 Å². The van der Waals surface area contributed by atoms with Crippen LogP contribution in [0.5, 0.6) is 0 Å². The molecule has 0 spiro atoms. The molecule has 0 aromatic carbocycles. The first-order valence-corrected chi connectivity index (χ1v) is 4.51. The number of hydrogen-bond donors (Lipinski definition) is 4. The van der Waals surface area contributed by atoms with Crippen LogP contribution >= 0.6 is 12.2 Å². The van der Waals surface area contributed by atoms with Crippen LogP contribution in [0.4, 0.5) is 0 Å². The van der Waals surface area contributed by atoms with E-state index in [0.29, 0.717) is 11.5 Å². The summed E-state index contributed by atoms with van der Waals surface area (Å²) in [6, 6.07) is 0. The van der Waals surface area contributed by atoms with E-state index in [-0.39, 0.29) is 25.2 Å². The maximum Gasteiger partial charge on any atom is 0.303 e. The summed E-state index contributed by atoms with van der Waals surface area (Å²) in [7, 11) is 0. The molecule has 0 fully saturated rings. The van der Waals surface area contributed by atoms with E-state index < -0.39 is 5.97 Å². The van der Waals surface area contributed by atoms with Crippen molar-refractivity contribution in [3.63, 3.8) is 0 Å². The molecule has 6 nitrogen and oxygen atoms in total. The lowest BCUT2D eigenvalue weighted by Crippen LogP contribution is -2.69. The fourth-order valence-electron chi connectivity index (χ4n) is 0.767. The molecule has 0 rings (SSSR count). The van der Waals surface area contributed by atoms with Crippen LogP contribution in [0.3, 0.4) is 0 Å². The number of carboxylic acids is 1. The molecule has 0 saturated carbocycles. The zero-order valence-corrected chi connectivity index (χ0v) is 8.52. The Morgan fingerprint density at radius 2 is 2.00 bits per heavy atom. The molecule has 0 aromatic heterocycles. The summed E-state index contributed by atoms with van der Waals surface area (Å²) < 4.78 is 0. The molecule has 0 amide bonds. The van der Waals surface area contributed by atoms with Gasteiger partial charge in [0.1, 0.15) is 0 Å². The summed E-state index contributed by atoms with van der Waals surface area (Å²) in [5.74, 6) is 2.35. The third-order valence-corrected chi connectivity index (χ3v) is 1.74. The number of ketones is 1. The zero-order chi connectivity index (χ0) is 11.0. The van der Waals surface area contributed by atoms with E-state index in [0.717, 1.165) is 0 Å². The second-order valence-electron chi connectivity index (χ2n) is 2.65. The summed E-state index contributed by atoms with van der Waals surface area (Å²) >= 11 is 4.70. The van der Waals surface area contributed by atoms with E-state index in [1.54, 1.807) is 0 Å². The fourth-order valence-corrected chi connectivity index (χ4v) is 0.839. The van der Waals surface area contributed by atoms with Crippen molar-refractivity contribution in [3.05, 3.63) is 0 Å². The molecule has 0 aromatic rings. The number of nitrogens with one attached hydrogen (secondary N) is 2. The highest BCUT2D eigenvalue weighted by Crippen LogP contribution is 1.95. The fraction of sp³-hybridized carbons (Fsp3) is 0.571. The lowest BCUT2D eigenvalue weighted by Gasteiger charge is -2.03. The minimum absolute atomic E-state index is 0.0176. The van der Waals surface area contributed by atoms with Gasteiger partial charge in [-0.05, 0) is 18.6 Å². The van der Waals surface area contributed by atoms with Crippen molar-refractivity contribution in [2.45, 2.75) is 19.3 Å². The van der Waals surface area contributed by atoms with Gasteiger partial charge in [0, 0.05) is 12.8 Å². The van der Waals surface area contributed by atoms with E-state index in [1.165, 1.54) is 0 Å². The normalized spacial score (nSPS) is 9.21. The van der Waals surface area contributed by atoms with Crippen LogP contribution in [0, 0.1) is 0 Å². The molecular weight excluding hydrogens is 206 g/mol. The maximum absolute atomic E-state index is 11.1. The lowest BCUT2D eigenvalue weighted by atomic mass is 10.2. The van der Waals surface area contributed by atoms with Crippen LogP contribution in [0.2, 0.25) is 0 Å². The monoisotopic (exact) mass is 220 g/mol. The van der Waals surface area contributed by atoms with Gasteiger partial charge in [0.05, 0.1) is 6.54 Å². The summed E-state index contributed by atoms with van der Waals surface area (Å²) in [6.45, 7) is 0.112. The largest absolute Gasteiger partial charge is 0.481 e. The van der Waals surface area contributed by atoms with Crippen molar-refractivity contribution < 1.29 is 20.5 Å². The summed E-state index contributed by atoms with van der Waals surface area (Å²) in [6.07, 6.45) is 0.628. The Balaban J connectivity index is 3.46. The molecule has 14 heavy (non-hydrogen) atoms. The number of carbonyl (C=O) groups excluding carboxylic acids is 1. The van der Waals surface area contributed by atoms with E-state index in [1.807, 2.05) is 0 Å². The van der Waals surface area contributed by atoms with Crippen molar-refractivity contribution in [2.24, 2.45) is 0 Å². The Bertz CT molecular complexity index is 232. The average molecular weight is 220 g/mol. The lowest BCUT2D eigenvalue weighted by molar-refractivity contribution is -0.419. The number of carbonyl (C=O) groups is 2. The zero-order valence-electron chi connectivity index (χ0n) is 7.71. The Kier molecular flexibility index (Phi) is 6.59. The number of thiocarbonyl (C=S) groups is 1. The van der Waals surface area contributed by atoms with Crippen LogP contribution < -0.4 is 16.6 Å². The number of carboxylic acid groups (broad SMARTS) is 1. The first-order valence-electron chi connectivity index (χ1n) is 4.10. The molecule has 0 saturated heterocycles. The van der Waals surface area contributed by atoms with Gasteiger partial charge in [-0.3, -0.25) is 15.4 Å². The minimum Gasteiger partial charge on any atom is -0.481 e. The van der Waals surface area contributed by atoms with Crippen LogP contribution in [0.1, 0.15) is 19.3 Å². The van der Waals surface area contributed by atoms with Crippen LogP contribution in [0.15, 0.2) is 0 Å². The molecule has 0 bridgehead atoms. The number of aliphatic carboxylic acids is 1.